The fourth-order valence-electron chi connectivity index (χ4n) is 3.60. The molecule has 1 aromatic rings. The van der Waals surface area contributed by atoms with Gasteiger partial charge in [-0.25, -0.2) is 9.18 Å². The number of aromatic nitrogens is 2. The number of carboxylic acid groups (broad SMARTS) is 1. The molecule has 1 N–H and O–H groups in total. The van der Waals surface area contributed by atoms with E-state index in [0.29, 0.717) is 0 Å². The molecule has 3 aliphatic carbocycles. The van der Waals surface area contributed by atoms with Gasteiger partial charge in [-0.05, 0) is 31.6 Å². The van der Waals surface area contributed by atoms with Crippen molar-refractivity contribution in [1.29, 1.82) is 0 Å². The van der Waals surface area contributed by atoms with E-state index in [9.17, 15) is 22.4 Å². The molecule has 0 radical (unpaired) electrons. The quantitative estimate of drug-likeness (QED) is 0.872. The smallest absolute Gasteiger partial charge is 0.420 e. The van der Waals surface area contributed by atoms with Crippen molar-refractivity contribution in [3.63, 3.8) is 0 Å². The first-order valence-electron chi connectivity index (χ1n) is 6.12. The van der Waals surface area contributed by atoms with E-state index in [-0.39, 0.29) is 31.5 Å². The van der Waals surface area contributed by atoms with Gasteiger partial charge in [-0.2, -0.15) is 18.3 Å². The molecule has 1 aromatic heterocycles. The number of carbonyl (C=O) groups is 1. The number of nitrogens with zero attached hydrogens (tertiary/aromatic N) is 2. The Kier molecular flexibility index (Phi) is 2.36. The SMILES string of the molecule is Cc1nn(CC23CC(F)(C2)C3)c(C(=O)O)c1C(F)(F)F. The molecule has 0 unspecified atom stereocenters. The van der Waals surface area contributed by atoms with Crippen LogP contribution in [0.25, 0.3) is 0 Å². The van der Waals surface area contributed by atoms with E-state index in [2.05, 4.69) is 5.10 Å². The highest BCUT2D eigenvalue weighted by molar-refractivity contribution is 5.88. The van der Waals surface area contributed by atoms with E-state index < -0.39 is 34.5 Å². The zero-order valence-electron chi connectivity index (χ0n) is 10.6. The Bertz CT molecular complexity index is 586. The van der Waals surface area contributed by atoms with Gasteiger partial charge in [0, 0.05) is 6.54 Å². The maximum absolute atomic E-state index is 13.4. The van der Waals surface area contributed by atoms with Crippen LogP contribution < -0.4 is 0 Å². The van der Waals surface area contributed by atoms with Gasteiger partial charge in [-0.3, -0.25) is 4.68 Å². The van der Waals surface area contributed by atoms with Crippen LogP contribution in [-0.2, 0) is 12.7 Å². The van der Waals surface area contributed by atoms with Gasteiger partial charge >= 0.3 is 12.1 Å². The van der Waals surface area contributed by atoms with Gasteiger partial charge in [0.15, 0.2) is 5.69 Å². The average Bonchev–Trinajstić information content (AvgIpc) is 2.50. The minimum atomic E-state index is -4.77. The van der Waals surface area contributed by atoms with Crippen LogP contribution in [0.2, 0.25) is 0 Å². The molecule has 2 bridgehead atoms. The van der Waals surface area contributed by atoms with Gasteiger partial charge in [0.2, 0.25) is 0 Å². The Morgan fingerprint density at radius 3 is 2.35 bits per heavy atom. The minimum absolute atomic E-state index is 0.0250. The summed E-state index contributed by atoms with van der Waals surface area (Å²) in [5, 5.41) is 12.7. The zero-order chi connectivity index (χ0) is 14.9. The molecule has 1 heterocycles. The van der Waals surface area contributed by atoms with Crippen LogP contribution in [0, 0.1) is 12.3 Å². The lowest BCUT2D eigenvalue weighted by molar-refractivity contribution is -0.221. The molecule has 20 heavy (non-hydrogen) atoms. The molecule has 0 atom stereocenters. The zero-order valence-corrected chi connectivity index (χ0v) is 10.6. The van der Waals surface area contributed by atoms with Crippen molar-refractivity contribution in [2.24, 2.45) is 5.41 Å². The fraction of sp³-hybridized carbons (Fsp3) is 0.667. The summed E-state index contributed by atoms with van der Waals surface area (Å²) < 4.78 is 53.0. The Hall–Kier alpha value is -1.60. The predicted octanol–water partition coefficient (Wildman–Crippen LogP) is 2.80. The summed E-state index contributed by atoms with van der Waals surface area (Å²) in [6, 6.07) is 0. The van der Waals surface area contributed by atoms with Crippen molar-refractivity contribution in [1.82, 2.24) is 9.78 Å². The van der Waals surface area contributed by atoms with E-state index in [1.165, 1.54) is 0 Å². The number of halogens is 4. The number of carboxylic acids is 1. The molecule has 0 amide bonds. The van der Waals surface area contributed by atoms with Crippen molar-refractivity contribution in [2.45, 2.75) is 44.6 Å². The molecule has 0 saturated heterocycles. The number of aromatic carboxylic acids is 1. The highest BCUT2D eigenvalue weighted by Crippen LogP contribution is 2.70. The van der Waals surface area contributed by atoms with Crippen molar-refractivity contribution >= 4 is 5.97 Å². The molecule has 4 rings (SSSR count). The first kappa shape index (κ1) is 13.4. The van der Waals surface area contributed by atoms with Crippen molar-refractivity contribution in [3.05, 3.63) is 17.0 Å². The van der Waals surface area contributed by atoms with E-state index in [1.54, 1.807) is 0 Å². The van der Waals surface area contributed by atoms with Crippen LogP contribution in [0.15, 0.2) is 0 Å². The molecule has 8 heteroatoms. The van der Waals surface area contributed by atoms with Crippen LogP contribution in [0.4, 0.5) is 17.6 Å². The average molecular weight is 292 g/mol. The lowest BCUT2D eigenvalue weighted by atomic mass is 9.42. The van der Waals surface area contributed by atoms with Crippen LogP contribution in [-0.4, -0.2) is 26.5 Å². The standard InChI is InChI=1S/C12H12F4N2O2/c1-6-7(12(14,15)16)8(9(19)20)18(17-6)5-10-2-11(13,3-10)4-10/h2-5H2,1H3,(H,19,20). The Morgan fingerprint density at radius 2 is 1.95 bits per heavy atom. The lowest BCUT2D eigenvalue weighted by Gasteiger charge is -2.65. The summed E-state index contributed by atoms with van der Waals surface area (Å²) in [5.74, 6) is -1.67. The van der Waals surface area contributed by atoms with E-state index in [4.69, 9.17) is 5.11 Å². The summed E-state index contributed by atoms with van der Waals surface area (Å²) in [4.78, 5) is 11.1. The Balaban J connectivity index is 1.97. The van der Waals surface area contributed by atoms with Crippen LogP contribution in [0.1, 0.15) is 41.0 Å². The summed E-state index contributed by atoms with van der Waals surface area (Å²) in [6.07, 6.45) is -3.94. The predicted molar refractivity (Wildman–Crippen MR) is 59.0 cm³/mol. The second-order valence-corrected chi connectivity index (χ2v) is 5.95. The van der Waals surface area contributed by atoms with Gasteiger partial charge in [0.05, 0.1) is 5.69 Å². The second kappa shape index (κ2) is 3.53. The van der Waals surface area contributed by atoms with Gasteiger partial charge in [0.1, 0.15) is 11.2 Å². The summed E-state index contributed by atoms with van der Waals surface area (Å²) in [7, 11) is 0. The third-order valence-electron chi connectivity index (χ3n) is 4.17. The molecular weight excluding hydrogens is 280 g/mol. The third kappa shape index (κ3) is 1.73. The largest absolute Gasteiger partial charge is 0.477 e. The van der Waals surface area contributed by atoms with Crippen LogP contribution in [0.3, 0.4) is 0 Å². The first-order chi connectivity index (χ1) is 9.05. The highest BCUT2D eigenvalue weighted by Gasteiger charge is 2.69. The number of rotatable bonds is 3. The second-order valence-electron chi connectivity index (χ2n) is 5.95. The Morgan fingerprint density at radius 1 is 1.40 bits per heavy atom. The van der Waals surface area contributed by atoms with E-state index >= 15 is 0 Å². The van der Waals surface area contributed by atoms with Gasteiger partial charge in [-0.15, -0.1) is 0 Å². The molecule has 0 spiro atoms. The number of hydrogen-bond acceptors (Lipinski definition) is 2. The van der Waals surface area contributed by atoms with E-state index in [0.717, 1.165) is 11.6 Å². The molecule has 3 fully saturated rings. The number of hydrogen-bond donors (Lipinski definition) is 1. The minimum Gasteiger partial charge on any atom is -0.477 e. The Labute approximate surface area is 111 Å². The molecule has 4 nitrogen and oxygen atoms in total. The molecule has 110 valence electrons. The molecule has 0 aromatic carbocycles. The maximum atomic E-state index is 13.4. The molecule has 0 aliphatic heterocycles. The maximum Gasteiger partial charge on any atom is 0.420 e. The van der Waals surface area contributed by atoms with Gasteiger partial charge in [-0.1, -0.05) is 0 Å². The third-order valence-corrected chi connectivity index (χ3v) is 4.17. The van der Waals surface area contributed by atoms with Crippen molar-refractivity contribution in [2.75, 3.05) is 0 Å². The number of alkyl halides is 4. The lowest BCUT2D eigenvalue weighted by Crippen LogP contribution is -2.65. The van der Waals surface area contributed by atoms with Gasteiger partial charge in [0.25, 0.3) is 0 Å². The summed E-state index contributed by atoms with van der Waals surface area (Å²) >= 11 is 0. The monoisotopic (exact) mass is 292 g/mol. The van der Waals surface area contributed by atoms with Crippen LogP contribution >= 0.6 is 0 Å². The molecular formula is C12H12F4N2O2. The molecule has 3 saturated carbocycles. The topological polar surface area (TPSA) is 55.1 Å². The van der Waals surface area contributed by atoms with Gasteiger partial charge < -0.3 is 5.11 Å². The summed E-state index contributed by atoms with van der Waals surface area (Å²) in [5.41, 5.74) is -4.03. The van der Waals surface area contributed by atoms with E-state index in [1.807, 2.05) is 0 Å². The number of aryl methyl sites for hydroxylation is 1. The highest BCUT2D eigenvalue weighted by atomic mass is 19.4. The first-order valence-corrected chi connectivity index (χ1v) is 6.12. The normalized spacial score (nSPS) is 31.6. The fourth-order valence-corrected chi connectivity index (χ4v) is 3.60. The van der Waals surface area contributed by atoms with Crippen molar-refractivity contribution < 1.29 is 27.5 Å². The summed E-state index contributed by atoms with van der Waals surface area (Å²) in [6.45, 7) is 1.15. The molecule has 3 aliphatic rings. The van der Waals surface area contributed by atoms with Crippen LogP contribution in [0.5, 0.6) is 0 Å². The van der Waals surface area contributed by atoms with Crippen molar-refractivity contribution in [3.8, 4) is 0 Å².